The number of nitrogens with one attached hydrogen (secondary N) is 1. The van der Waals surface area contributed by atoms with Crippen molar-refractivity contribution in [1.29, 1.82) is 0 Å². The monoisotopic (exact) mass is 294 g/mol. The smallest absolute Gasteiger partial charge is 0.0705 e. The lowest BCUT2D eigenvalue weighted by atomic mass is 10.1. The fourth-order valence-electron chi connectivity index (χ4n) is 2.39. The molecule has 0 saturated carbocycles. The maximum absolute atomic E-state index is 4.42. The lowest BCUT2D eigenvalue weighted by Crippen LogP contribution is -2.04. The summed E-state index contributed by atoms with van der Waals surface area (Å²) >= 11 is 1.87. The van der Waals surface area contributed by atoms with Crippen LogP contribution in [0.15, 0.2) is 65.7 Å². The Morgan fingerprint density at radius 3 is 2.86 bits per heavy atom. The minimum atomic E-state index is 0.909. The molecule has 0 amide bonds. The van der Waals surface area contributed by atoms with Crippen LogP contribution in [0, 0.1) is 0 Å². The Labute approximate surface area is 129 Å². The summed E-state index contributed by atoms with van der Waals surface area (Å²) in [6.07, 6.45) is 1.90. The van der Waals surface area contributed by atoms with E-state index < -0.39 is 0 Å². The highest BCUT2D eigenvalue weighted by molar-refractivity contribution is 7.98. The highest BCUT2D eigenvalue weighted by Crippen LogP contribution is 2.27. The molecule has 0 aliphatic rings. The first-order valence-electron chi connectivity index (χ1n) is 7.06. The molecule has 1 N–H and O–H groups in total. The normalized spacial score (nSPS) is 10.9. The molecular weight excluding hydrogens is 276 g/mol. The molecule has 106 valence electrons. The first kappa shape index (κ1) is 14.1. The van der Waals surface area contributed by atoms with E-state index in [9.17, 15) is 0 Å². The zero-order valence-corrected chi connectivity index (χ0v) is 12.9. The van der Waals surface area contributed by atoms with E-state index >= 15 is 0 Å². The Bertz CT molecular complexity index is 735. The quantitative estimate of drug-likeness (QED) is 0.712. The molecule has 2 aromatic carbocycles. The van der Waals surface area contributed by atoms with Gasteiger partial charge >= 0.3 is 0 Å². The standard InChI is InChI=1S/C18H18N2S/c1-19-12-14-5-4-6-16(11-14)21-13-15-9-10-20-18-8-3-2-7-17(15)18/h2-11,19H,12-13H2,1H3. The Kier molecular flexibility index (Phi) is 4.53. The van der Waals surface area contributed by atoms with Crippen LogP contribution >= 0.6 is 11.8 Å². The third-order valence-corrected chi connectivity index (χ3v) is 4.46. The number of nitrogens with zero attached hydrogens (tertiary/aromatic N) is 1. The van der Waals surface area contributed by atoms with Crippen molar-refractivity contribution in [3.05, 3.63) is 71.9 Å². The molecule has 1 aromatic heterocycles. The summed E-state index contributed by atoms with van der Waals surface area (Å²) in [6, 6.07) is 19.2. The van der Waals surface area contributed by atoms with E-state index in [-0.39, 0.29) is 0 Å². The summed E-state index contributed by atoms with van der Waals surface area (Å²) in [7, 11) is 1.98. The predicted molar refractivity (Wildman–Crippen MR) is 90.5 cm³/mol. The Morgan fingerprint density at radius 1 is 1.05 bits per heavy atom. The van der Waals surface area contributed by atoms with Gasteiger partial charge in [-0.2, -0.15) is 0 Å². The Balaban J connectivity index is 1.79. The zero-order chi connectivity index (χ0) is 14.5. The van der Waals surface area contributed by atoms with Crippen molar-refractivity contribution >= 4 is 22.7 Å². The maximum atomic E-state index is 4.42. The molecule has 0 spiro atoms. The highest BCUT2D eigenvalue weighted by atomic mass is 32.2. The van der Waals surface area contributed by atoms with Gasteiger partial charge in [0.05, 0.1) is 5.52 Å². The molecule has 0 saturated heterocycles. The number of aromatic nitrogens is 1. The maximum Gasteiger partial charge on any atom is 0.0705 e. The van der Waals surface area contributed by atoms with E-state index in [1.807, 2.05) is 31.1 Å². The number of fused-ring (bicyclic) bond motifs is 1. The summed E-state index contributed by atoms with van der Waals surface area (Å²) in [4.78, 5) is 5.73. The average molecular weight is 294 g/mol. The van der Waals surface area contributed by atoms with Crippen LogP contribution < -0.4 is 5.32 Å². The average Bonchev–Trinajstić information content (AvgIpc) is 2.53. The predicted octanol–water partition coefficient (Wildman–Crippen LogP) is 4.25. The number of hydrogen-bond donors (Lipinski definition) is 1. The van der Waals surface area contributed by atoms with Crippen LogP contribution in [0.3, 0.4) is 0 Å². The van der Waals surface area contributed by atoms with Gasteiger partial charge in [0.25, 0.3) is 0 Å². The van der Waals surface area contributed by atoms with Gasteiger partial charge in [-0.25, -0.2) is 0 Å². The Morgan fingerprint density at radius 2 is 1.95 bits per heavy atom. The van der Waals surface area contributed by atoms with Gasteiger partial charge in [0.15, 0.2) is 0 Å². The van der Waals surface area contributed by atoms with Gasteiger partial charge in [-0.05, 0) is 42.4 Å². The molecule has 0 aliphatic heterocycles. The number of hydrogen-bond acceptors (Lipinski definition) is 3. The van der Waals surface area contributed by atoms with E-state index in [2.05, 4.69) is 58.8 Å². The van der Waals surface area contributed by atoms with Crippen LogP contribution in [0.25, 0.3) is 10.9 Å². The molecule has 21 heavy (non-hydrogen) atoms. The molecule has 0 unspecified atom stereocenters. The first-order valence-corrected chi connectivity index (χ1v) is 8.04. The van der Waals surface area contributed by atoms with Crippen molar-refractivity contribution < 1.29 is 0 Å². The SMILES string of the molecule is CNCc1cccc(SCc2ccnc3ccccc23)c1. The zero-order valence-electron chi connectivity index (χ0n) is 12.0. The summed E-state index contributed by atoms with van der Waals surface area (Å²) in [5.41, 5.74) is 3.73. The molecule has 3 rings (SSSR count). The molecule has 0 bridgehead atoms. The van der Waals surface area contributed by atoms with Crippen molar-refractivity contribution in [3.8, 4) is 0 Å². The van der Waals surface area contributed by atoms with E-state index in [0.29, 0.717) is 0 Å². The Hall–Kier alpha value is -1.84. The summed E-state index contributed by atoms with van der Waals surface area (Å²) in [6.45, 7) is 0.909. The van der Waals surface area contributed by atoms with Crippen LogP contribution in [-0.4, -0.2) is 12.0 Å². The molecule has 3 aromatic rings. The van der Waals surface area contributed by atoms with Gasteiger partial charge in [0.1, 0.15) is 0 Å². The van der Waals surface area contributed by atoms with Gasteiger partial charge in [-0.15, -0.1) is 11.8 Å². The van der Waals surface area contributed by atoms with E-state index in [0.717, 1.165) is 17.8 Å². The van der Waals surface area contributed by atoms with E-state index in [1.165, 1.54) is 21.4 Å². The van der Waals surface area contributed by atoms with Gasteiger partial charge in [-0.1, -0.05) is 30.3 Å². The molecule has 3 heteroatoms. The fourth-order valence-corrected chi connectivity index (χ4v) is 3.37. The van der Waals surface area contributed by atoms with Crippen LogP contribution in [0.2, 0.25) is 0 Å². The second-order valence-corrected chi connectivity index (χ2v) is 6.00. The topological polar surface area (TPSA) is 24.9 Å². The van der Waals surface area contributed by atoms with E-state index in [1.54, 1.807) is 0 Å². The molecule has 2 nitrogen and oxygen atoms in total. The van der Waals surface area contributed by atoms with Crippen LogP contribution in [0.5, 0.6) is 0 Å². The number of pyridine rings is 1. The van der Waals surface area contributed by atoms with Gasteiger partial charge < -0.3 is 5.32 Å². The summed E-state index contributed by atoms with van der Waals surface area (Å²) in [5.74, 6) is 0.964. The van der Waals surface area contributed by atoms with E-state index in [4.69, 9.17) is 0 Å². The first-order chi connectivity index (χ1) is 10.4. The lowest BCUT2D eigenvalue weighted by molar-refractivity contribution is 0.815. The largest absolute Gasteiger partial charge is 0.316 e. The number of thioether (sulfide) groups is 1. The van der Waals surface area contributed by atoms with Gasteiger partial charge in [0.2, 0.25) is 0 Å². The van der Waals surface area contributed by atoms with Crippen molar-refractivity contribution in [1.82, 2.24) is 10.3 Å². The van der Waals surface area contributed by atoms with Crippen molar-refractivity contribution in [2.24, 2.45) is 0 Å². The molecular formula is C18H18N2S. The van der Waals surface area contributed by atoms with Gasteiger partial charge in [-0.3, -0.25) is 4.98 Å². The minimum absolute atomic E-state index is 0.909. The molecule has 0 aliphatic carbocycles. The molecule has 1 heterocycles. The number of benzene rings is 2. The van der Waals surface area contributed by atoms with Crippen LogP contribution in [0.1, 0.15) is 11.1 Å². The number of rotatable bonds is 5. The van der Waals surface area contributed by atoms with Crippen LogP contribution in [-0.2, 0) is 12.3 Å². The minimum Gasteiger partial charge on any atom is -0.316 e. The van der Waals surface area contributed by atoms with Crippen molar-refractivity contribution in [2.75, 3.05) is 7.05 Å². The second-order valence-electron chi connectivity index (χ2n) is 4.95. The lowest BCUT2D eigenvalue weighted by Gasteiger charge is -2.07. The third-order valence-electron chi connectivity index (χ3n) is 3.41. The highest BCUT2D eigenvalue weighted by Gasteiger charge is 2.03. The summed E-state index contributed by atoms with van der Waals surface area (Å²) < 4.78 is 0. The summed E-state index contributed by atoms with van der Waals surface area (Å²) in [5, 5.41) is 4.44. The molecule has 0 atom stereocenters. The van der Waals surface area contributed by atoms with Crippen LogP contribution in [0.4, 0.5) is 0 Å². The van der Waals surface area contributed by atoms with Gasteiger partial charge in [0, 0.05) is 28.8 Å². The third kappa shape index (κ3) is 3.43. The number of para-hydroxylation sites is 1. The van der Waals surface area contributed by atoms with Crippen molar-refractivity contribution in [3.63, 3.8) is 0 Å². The fraction of sp³-hybridized carbons (Fsp3) is 0.167. The van der Waals surface area contributed by atoms with Crippen molar-refractivity contribution in [2.45, 2.75) is 17.2 Å². The molecule has 0 fully saturated rings. The molecule has 0 radical (unpaired) electrons. The second kappa shape index (κ2) is 6.74.